The monoisotopic (exact) mass is 402 g/mol. The second kappa shape index (κ2) is 11.9. The number of carbonyl (C=O) groups excluding carboxylic acids is 3. The van der Waals surface area contributed by atoms with Gasteiger partial charge in [0.15, 0.2) is 0 Å². The fourth-order valence-electron chi connectivity index (χ4n) is 2.14. The van der Waals surface area contributed by atoms with Crippen LogP contribution in [0.25, 0.3) is 0 Å². The molecule has 0 aromatic rings. The summed E-state index contributed by atoms with van der Waals surface area (Å²) in [7, 11) is 0. The minimum Gasteiger partial charge on any atom is -0.481 e. The van der Waals surface area contributed by atoms with Gasteiger partial charge in [-0.3, -0.25) is 19.2 Å². The molecule has 0 aromatic carbocycles. The Bertz CT molecular complexity index is 592. The molecule has 0 aliphatic rings. The van der Waals surface area contributed by atoms with Crippen molar-refractivity contribution in [2.75, 3.05) is 6.54 Å². The van der Waals surface area contributed by atoms with E-state index in [0.717, 1.165) is 0 Å². The number of amides is 3. The topological polar surface area (TPSA) is 188 Å². The number of rotatable bonds is 12. The molecule has 28 heavy (non-hydrogen) atoms. The Kier molecular flexibility index (Phi) is 10.8. The SMILES string of the molecule is CC(C)C(N)C(=O)NC(C(=O)NCC(=O)NC(CCC(=O)O)C(=O)O)C(C)C. The van der Waals surface area contributed by atoms with Crippen LogP contribution in [0.1, 0.15) is 40.5 Å². The number of aliphatic carboxylic acids is 2. The largest absolute Gasteiger partial charge is 0.481 e. The number of carboxylic acid groups (broad SMARTS) is 2. The molecule has 0 saturated heterocycles. The first-order valence-corrected chi connectivity index (χ1v) is 8.94. The molecule has 0 saturated carbocycles. The summed E-state index contributed by atoms with van der Waals surface area (Å²) in [4.78, 5) is 57.9. The van der Waals surface area contributed by atoms with Crippen molar-refractivity contribution in [3.8, 4) is 0 Å². The van der Waals surface area contributed by atoms with Crippen LogP contribution in [0.4, 0.5) is 0 Å². The summed E-state index contributed by atoms with van der Waals surface area (Å²) in [5, 5.41) is 24.6. The number of hydrogen-bond donors (Lipinski definition) is 6. The third-order valence-corrected chi connectivity index (χ3v) is 3.97. The van der Waals surface area contributed by atoms with E-state index in [1.54, 1.807) is 27.7 Å². The van der Waals surface area contributed by atoms with Crippen molar-refractivity contribution in [1.82, 2.24) is 16.0 Å². The lowest BCUT2D eigenvalue weighted by Crippen LogP contribution is -2.56. The molecular formula is C17H30N4O7. The van der Waals surface area contributed by atoms with Crippen molar-refractivity contribution >= 4 is 29.7 Å². The van der Waals surface area contributed by atoms with E-state index in [9.17, 15) is 24.0 Å². The smallest absolute Gasteiger partial charge is 0.326 e. The Balaban J connectivity index is 4.75. The Morgan fingerprint density at radius 3 is 1.89 bits per heavy atom. The van der Waals surface area contributed by atoms with Gasteiger partial charge in [-0.1, -0.05) is 27.7 Å². The van der Waals surface area contributed by atoms with Gasteiger partial charge >= 0.3 is 11.9 Å². The number of nitrogens with two attached hydrogens (primary N) is 1. The first kappa shape index (κ1) is 25.3. The van der Waals surface area contributed by atoms with E-state index in [0.29, 0.717) is 0 Å². The van der Waals surface area contributed by atoms with Crippen LogP contribution in [0.2, 0.25) is 0 Å². The highest BCUT2D eigenvalue weighted by atomic mass is 16.4. The molecule has 3 unspecified atom stereocenters. The third kappa shape index (κ3) is 9.31. The van der Waals surface area contributed by atoms with Gasteiger partial charge in [0.05, 0.1) is 12.6 Å². The van der Waals surface area contributed by atoms with Crippen LogP contribution in [0, 0.1) is 11.8 Å². The first-order chi connectivity index (χ1) is 12.9. The zero-order valence-electron chi connectivity index (χ0n) is 16.5. The lowest BCUT2D eigenvalue weighted by atomic mass is 10.0. The zero-order valence-corrected chi connectivity index (χ0v) is 16.5. The fourth-order valence-corrected chi connectivity index (χ4v) is 2.14. The van der Waals surface area contributed by atoms with E-state index in [1.165, 1.54) is 0 Å². The highest BCUT2D eigenvalue weighted by Gasteiger charge is 2.28. The average molecular weight is 402 g/mol. The molecule has 0 heterocycles. The maximum absolute atomic E-state index is 12.3. The second-order valence-corrected chi connectivity index (χ2v) is 7.11. The molecule has 11 nitrogen and oxygen atoms in total. The number of hydrogen-bond acceptors (Lipinski definition) is 6. The minimum absolute atomic E-state index is 0.125. The highest BCUT2D eigenvalue weighted by Crippen LogP contribution is 2.05. The second-order valence-electron chi connectivity index (χ2n) is 7.11. The van der Waals surface area contributed by atoms with E-state index in [1.807, 2.05) is 0 Å². The van der Waals surface area contributed by atoms with Crippen LogP contribution < -0.4 is 21.7 Å². The van der Waals surface area contributed by atoms with E-state index in [4.69, 9.17) is 15.9 Å². The molecule has 0 aliphatic heterocycles. The molecule has 7 N–H and O–H groups in total. The molecule has 0 fully saturated rings. The van der Waals surface area contributed by atoms with Gasteiger partial charge in [0.25, 0.3) is 0 Å². The minimum atomic E-state index is -1.38. The van der Waals surface area contributed by atoms with Crippen molar-refractivity contribution in [2.45, 2.75) is 58.7 Å². The summed E-state index contributed by atoms with van der Waals surface area (Å²) in [6.45, 7) is 6.42. The number of carboxylic acids is 2. The van der Waals surface area contributed by atoms with Gasteiger partial charge in [-0.05, 0) is 18.3 Å². The Labute approximate surface area is 163 Å². The molecule has 160 valence electrons. The van der Waals surface area contributed by atoms with Crippen LogP contribution >= 0.6 is 0 Å². The van der Waals surface area contributed by atoms with E-state index in [-0.39, 0.29) is 18.3 Å². The van der Waals surface area contributed by atoms with Gasteiger partial charge in [-0.15, -0.1) is 0 Å². The summed E-state index contributed by atoms with van der Waals surface area (Å²) in [6.07, 6.45) is -0.719. The molecule has 0 bridgehead atoms. The van der Waals surface area contributed by atoms with Crippen LogP contribution in [-0.2, 0) is 24.0 Å². The maximum atomic E-state index is 12.3. The van der Waals surface area contributed by atoms with Gasteiger partial charge in [0.2, 0.25) is 17.7 Å². The molecule has 11 heteroatoms. The predicted molar refractivity (Wildman–Crippen MR) is 99.0 cm³/mol. The van der Waals surface area contributed by atoms with Gasteiger partial charge in [0, 0.05) is 6.42 Å². The standard InChI is InChI=1S/C17H30N4O7/c1-8(2)13(18)15(25)21-14(9(3)4)16(26)19-7-11(22)20-10(17(27)28)5-6-12(23)24/h8-10,13-14H,5-7,18H2,1-4H3,(H,19,26)(H,20,22)(H,21,25)(H,23,24)(H,27,28). The van der Waals surface area contributed by atoms with Crippen LogP contribution in [0.3, 0.4) is 0 Å². The van der Waals surface area contributed by atoms with E-state index >= 15 is 0 Å². The molecule has 0 spiro atoms. The van der Waals surface area contributed by atoms with Crippen molar-refractivity contribution in [3.05, 3.63) is 0 Å². The van der Waals surface area contributed by atoms with Gasteiger partial charge < -0.3 is 31.9 Å². The Hall–Kier alpha value is -2.69. The maximum Gasteiger partial charge on any atom is 0.326 e. The van der Waals surface area contributed by atoms with Crippen LogP contribution in [-0.4, -0.2) is 64.5 Å². The summed E-state index contributed by atoms with van der Waals surface area (Å²) in [6, 6.07) is -3.10. The molecule has 0 aliphatic carbocycles. The van der Waals surface area contributed by atoms with Crippen molar-refractivity contribution in [1.29, 1.82) is 0 Å². The molecule has 0 aromatic heterocycles. The van der Waals surface area contributed by atoms with Gasteiger partial charge in [-0.25, -0.2) is 4.79 Å². The zero-order chi connectivity index (χ0) is 22.0. The Morgan fingerprint density at radius 2 is 1.46 bits per heavy atom. The number of carbonyl (C=O) groups is 5. The number of nitrogens with one attached hydrogen (secondary N) is 3. The third-order valence-electron chi connectivity index (χ3n) is 3.97. The molecular weight excluding hydrogens is 372 g/mol. The fraction of sp³-hybridized carbons (Fsp3) is 0.706. The summed E-state index contributed by atoms with van der Waals surface area (Å²) < 4.78 is 0. The van der Waals surface area contributed by atoms with Crippen LogP contribution in [0.5, 0.6) is 0 Å². The first-order valence-electron chi connectivity index (χ1n) is 8.94. The molecule has 0 radical (unpaired) electrons. The lowest BCUT2D eigenvalue weighted by Gasteiger charge is -2.24. The lowest BCUT2D eigenvalue weighted by molar-refractivity contribution is -0.143. The molecule has 3 amide bonds. The van der Waals surface area contributed by atoms with Crippen molar-refractivity contribution < 1.29 is 34.2 Å². The van der Waals surface area contributed by atoms with Gasteiger partial charge in [-0.2, -0.15) is 0 Å². The predicted octanol–water partition coefficient (Wildman–Crippen LogP) is -1.34. The van der Waals surface area contributed by atoms with E-state index in [2.05, 4.69) is 16.0 Å². The van der Waals surface area contributed by atoms with Crippen LogP contribution in [0.15, 0.2) is 0 Å². The van der Waals surface area contributed by atoms with Gasteiger partial charge in [0.1, 0.15) is 12.1 Å². The summed E-state index contributed by atoms with van der Waals surface area (Å²) in [5.41, 5.74) is 5.76. The van der Waals surface area contributed by atoms with Crippen molar-refractivity contribution in [2.24, 2.45) is 17.6 Å². The summed E-state index contributed by atoms with van der Waals surface area (Å²) >= 11 is 0. The Morgan fingerprint density at radius 1 is 0.893 bits per heavy atom. The van der Waals surface area contributed by atoms with Crippen molar-refractivity contribution in [3.63, 3.8) is 0 Å². The average Bonchev–Trinajstić information content (AvgIpc) is 2.59. The molecule has 3 atom stereocenters. The highest BCUT2D eigenvalue weighted by molar-refractivity contribution is 5.92. The molecule has 0 rings (SSSR count). The summed E-state index contributed by atoms with van der Waals surface area (Å²) in [5.74, 6) is -4.88. The quantitative estimate of drug-likeness (QED) is 0.231. The normalized spacial score (nSPS) is 14.1. The van der Waals surface area contributed by atoms with E-state index < -0.39 is 60.8 Å².